The number of benzene rings is 1. The van der Waals surface area contributed by atoms with Crippen LogP contribution in [0.4, 0.5) is 8.78 Å². The molecule has 1 heterocycles. The highest BCUT2D eigenvalue weighted by Crippen LogP contribution is 2.24. The summed E-state index contributed by atoms with van der Waals surface area (Å²) in [5.74, 6) is -1.07. The van der Waals surface area contributed by atoms with Crippen LogP contribution in [0.25, 0.3) is 0 Å². The maximum atomic E-state index is 13.6. The zero-order chi connectivity index (χ0) is 13.3. The summed E-state index contributed by atoms with van der Waals surface area (Å²) in [5, 5.41) is 3.01. The van der Waals surface area contributed by atoms with Gasteiger partial charge in [0, 0.05) is 25.7 Å². The highest BCUT2D eigenvalue weighted by molar-refractivity contribution is 5.80. The van der Waals surface area contributed by atoms with Gasteiger partial charge in [0.1, 0.15) is 11.6 Å². The maximum absolute atomic E-state index is 13.6. The van der Waals surface area contributed by atoms with E-state index in [0.717, 1.165) is 18.2 Å². The third-order valence-electron chi connectivity index (χ3n) is 3.47. The number of rotatable bonds is 3. The summed E-state index contributed by atoms with van der Waals surface area (Å²) in [6, 6.07) is 2.82. The second-order valence-electron chi connectivity index (χ2n) is 4.65. The highest BCUT2D eigenvalue weighted by Gasteiger charge is 2.30. The van der Waals surface area contributed by atoms with Crippen molar-refractivity contribution >= 4 is 5.91 Å². The lowest BCUT2D eigenvalue weighted by atomic mass is 9.99. The number of hydrogen-bond acceptors (Lipinski definition) is 2. The molecule has 0 bridgehead atoms. The summed E-state index contributed by atoms with van der Waals surface area (Å²) < 4.78 is 26.8. The molecule has 1 aliphatic heterocycles. The molecular formula is C13H16F2N2O. The van der Waals surface area contributed by atoms with Gasteiger partial charge >= 0.3 is 0 Å². The van der Waals surface area contributed by atoms with Gasteiger partial charge in [-0.2, -0.15) is 0 Å². The van der Waals surface area contributed by atoms with E-state index < -0.39 is 17.7 Å². The quantitative estimate of drug-likeness (QED) is 0.890. The molecule has 1 unspecified atom stereocenters. The minimum atomic E-state index is -0.496. The van der Waals surface area contributed by atoms with Crippen molar-refractivity contribution in [2.45, 2.75) is 13.0 Å². The van der Waals surface area contributed by atoms with E-state index >= 15 is 0 Å². The van der Waals surface area contributed by atoms with E-state index in [0.29, 0.717) is 13.1 Å². The van der Waals surface area contributed by atoms with E-state index in [1.807, 2.05) is 0 Å². The lowest BCUT2D eigenvalue weighted by Gasteiger charge is -2.33. The van der Waals surface area contributed by atoms with Crippen LogP contribution in [0.2, 0.25) is 0 Å². The van der Waals surface area contributed by atoms with E-state index in [2.05, 4.69) is 5.32 Å². The second kappa shape index (κ2) is 5.02. The van der Waals surface area contributed by atoms with Crippen molar-refractivity contribution in [3.8, 4) is 0 Å². The predicted molar refractivity (Wildman–Crippen MR) is 63.9 cm³/mol. The first-order valence-corrected chi connectivity index (χ1v) is 5.93. The fraction of sp³-hybridized carbons (Fsp3) is 0.462. The number of halogens is 2. The van der Waals surface area contributed by atoms with E-state index in [1.165, 1.54) is 4.90 Å². The number of nitrogens with one attached hydrogen (secondary N) is 1. The predicted octanol–water partition coefficient (Wildman–Crippen LogP) is 1.70. The molecule has 0 spiro atoms. The molecule has 1 atom stereocenters. The van der Waals surface area contributed by atoms with Crippen LogP contribution in [0.15, 0.2) is 18.2 Å². The SMILES string of the molecule is CC(c1cc(F)ccc1F)N(C)C(=O)C1CNC1. The molecule has 0 aromatic heterocycles. The molecule has 3 nitrogen and oxygen atoms in total. The van der Waals surface area contributed by atoms with Gasteiger partial charge in [-0.25, -0.2) is 8.78 Å². The van der Waals surface area contributed by atoms with Gasteiger partial charge in [-0.05, 0) is 25.1 Å². The number of carbonyl (C=O) groups excluding carboxylic acids is 1. The van der Waals surface area contributed by atoms with Crippen LogP contribution in [0.3, 0.4) is 0 Å². The molecule has 18 heavy (non-hydrogen) atoms. The Bertz CT molecular complexity index is 460. The first-order valence-electron chi connectivity index (χ1n) is 5.93. The Balaban J connectivity index is 2.16. The molecule has 98 valence electrons. The van der Waals surface area contributed by atoms with Crippen LogP contribution >= 0.6 is 0 Å². The van der Waals surface area contributed by atoms with Crippen molar-refractivity contribution in [1.29, 1.82) is 0 Å². The van der Waals surface area contributed by atoms with E-state index in [-0.39, 0.29) is 17.4 Å². The van der Waals surface area contributed by atoms with Crippen LogP contribution < -0.4 is 5.32 Å². The normalized spacial score (nSPS) is 17.1. The summed E-state index contributed by atoms with van der Waals surface area (Å²) in [6.45, 7) is 3.00. The monoisotopic (exact) mass is 254 g/mol. The molecule has 5 heteroatoms. The van der Waals surface area contributed by atoms with Crippen LogP contribution in [0.5, 0.6) is 0 Å². The Morgan fingerprint density at radius 2 is 2.11 bits per heavy atom. The van der Waals surface area contributed by atoms with Gasteiger partial charge in [0.25, 0.3) is 0 Å². The third-order valence-corrected chi connectivity index (χ3v) is 3.47. The molecule has 0 aliphatic carbocycles. The number of nitrogens with zero attached hydrogens (tertiary/aromatic N) is 1. The van der Waals surface area contributed by atoms with Crippen LogP contribution in [0.1, 0.15) is 18.5 Å². The van der Waals surface area contributed by atoms with Crippen LogP contribution in [0, 0.1) is 17.6 Å². The molecule has 1 aliphatic rings. The van der Waals surface area contributed by atoms with Gasteiger partial charge in [0.2, 0.25) is 5.91 Å². The zero-order valence-electron chi connectivity index (χ0n) is 10.4. The molecule has 1 amide bonds. The fourth-order valence-corrected chi connectivity index (χ4v) is 1.99. The summed E-state index contributed by atoms with van der Waals surface area (Å²) in [5.41, 5.74) is 0.207. The summed E-state index contributed by atoms with van der Waals surface area (Å²) in [6.07, 6.45) is 0. The lowest BCUT2D eigenvalue weighted by Crippen LogP contribution is -2.51. The molecule has 1 fully saturated rings. The van der Waals surface area contributed by atoms with E-state index in [1.54, 1.807) is 14.0 Å². The van der Waals surface area contributed by atoms with Crippen molar-refractivity contribution < 1.29 is 13.6 Å². The minimum absolute atomic E-state index is 0.0371. The Kier molecular flexibility index (Phi) is 3.61. The fourth-order valence-electron chi connectivity index (χ4n) is 1.99. The topological polar surface area (TPSA) is 32.3 Å². The first kappa shape index (κ1) is 13.0. The smallest absolute Gasteiger partial charge is 0.228 e. The van der Waals surface area contributed by atoms with Gasteiger partial charge in [-0.3, -0.25) is 4.79 Å². The number of amides is 1. The van der Waals surface area contributed by atoms with Crippen molar-refractivity contribution in [2.75, 3.05) is 20.1 Å². The Morgan fingerprint density at radius 1 is 1.44 bits per heavy atom. The minimum Gasteiger partial charge on any atom is -0.339 e. The lowest BCUT2D eigenvalue weighted by molar-refractivity contribution is -0.137. The zero-order valence-corrected chi connectivity index (χ0v) is 10.4. The van der Waals surface area contributed by atoms with E-state index in [4.69, 9.17) is 0 Å². The molecule has 0 saturated carbocycles. The third kappa shape index (κ3) is 2.36. The summed E-state index contributed by atoms with van der Waals surface area (Å²) in [4.78, 5) is 13.5. The Morgan fingerprint density at radius 3 is 2.67 bits per heavy atom. The number of carbonyl (C=O) groups is 1. The first-order chi connectivity index (χ1) is 8.50. The average molecular weight is 254 g/mol. The van der Waals surface area contributed by atoms with Crippen molar-refractivity contribution in [1.82, 2.24) is 10.2 Å². The van der Waals surface area contributed by atoms with Crippen LogP contribution in [-0.2, 0) is 4.79 Å². The van der Waals surface area contributed by atoms with Gasteiger partial charge in [-0.1, -0.05) is 0 Å². The summed E-state index contributed by atoms with van der Waals surface area (Å²) >= 11 is 0. The average Bonchev–Trinajstić information content (AvgIpc) is 2.28. The van der Waals surface area contributed by atoms with Gasteiger partial charge < -0.3 is 10.2 Å². The standard InChI is InChI=1S/C13H16F2N2O/c1-8(11-5-10(14)3-4-12(11)15)17(2)13(18)9-6-16-7-9/h3-5,8-9,16H,6-7H2,1-2H3. The summed E-state index contributed by atoms with van der Waals surface area (Å²) in [7, 11) is 1.62. The molecule has 0 radical (unpaired) electrons. The van der Waals surface area contributed by atoms with Gasteiger partial charge in [0.15, 0.2) is 0 Å². The highest BCUT2D eigenvalue weighted by atomic mass is 19.1. The van der Waals surface area contributed by atoms with Crippen molar-refractivity contribution in [3.05, 3.63) is 35.4 Å². The number of hydrogen-bond donors (Lipinski definition) is 1. The van der Waals surface area contributed by atoms with Gasteiger partial charge in [-0.15, -0.1) is 0 Å². The maximum Gasteiger partial charge on any atom is 0.228 e. The molecule has 1 saturated heterocycles. The molecule has 1 aromatic carbocycles. The Labute approximate surface area is 105 Å². The van der Waals surface area contributed by atoms with Crippen molar-refractivity contribution in [3.63, 3.8) is 0 Å². The largest absolute Gasteiger partial charge is 0.339 e. The molecule has 1 aromatic rings. The van der Waals surface area contributed by atoms with Crippen molar-refractivity contribution in [2.24, 2.45) is 5.92 Å². The molecule has 2 rings (SSSR count). The second-order valence-corrected chi connectivity index (χ2v) is 4.65. The van der Waals surface area contributed by atoms with Crippen LogP contribution in [-0.4, -0.2) is 30.9 Å². The van der Waals surface area contributed by atoms with Gasteiger partial charge in [0.05, 0.1) is 12.0 Å². The molecule has 1 N–H and O–H groups in total. The Hall–Kier alpha value is -1.49. The molecular weight excluding hydrogens is 238 g/mol. The van der Waals surface area contributed by atoms with E-state index in [9.17, 15) is 13.6 Å².